The summed E-state index contributed by atoms with van der Waals surface area (Å²) in [6.45, 7) is 0. The van der Waals surface area contributed by atoms with Gasteiger partial charge in [0.25, 0.3) is 0 Å². The van der Waals surface area contributed by atoms with Crippen LogP contribution in [0, 0.1) is 0 Å². The van der Waals surface area contributed by atoms with Crippen molar-refractivity contribution in [2.45, 2.75) is 0 Å². The Morgan fingerprint density at radius 1 is 0.302 bits per heavy atom. The summed E-state index contributed by atoms with van der Waals surface area (Å²) in [6, 6.07) is 61.8. The highest BCUT2D eigenvalue weighted by molar-refractivity contribution is 6.18. The van der Waals surface area contributed by atoms with Gasteiger partial charge in [-0.3, -0.25) is 0 Å². The Morgan fingerprint density at radius 3 is 1.68 bits per heavy atom. The molecule has 11 aromatic rings. The molecule has 53 heavy (non-hydrogen) atoms. The molecule has 0 aliphatic rings. The summed E-state index contributed by atoms with van der Waals surface area (Å²) in [7, 11) is 0. The Morgan fingerprint density at radius 2 is 0.849 bits per heavy atom. The highest BCUT2D eigenvalue weighted by Crippen LogP contribution is 2.41. The average Bonchev–Trinajstić information content (AvgIpc) is 3.61. The van der Waals surface area contributed by atoms with Crippen LogP contribution in [0.3, 0.4) is 0 Å². The zero-order chi connectivity index (χ0) is 34.9. The average molecular weight is 676 g/mol. The van der Waals surface area contributed by atoms with Crippen molar-refractivity contribution in [3.05, 3.63) is 176 Å². The fourth-order valence-electron chi connectivity index (χ4n) is 7.95. The summed E-state index contributed by atoms with van der Waals surface area (Å²) >= 11 is 0. The van der Waals surface area contributed by atoms with Gasteiger partial charge in [0.2, 0.25) is 0 Å². The third-order valence-electron chi connectivity index (χ3n) is 10.5. The van der Waals surface area contributed by atoms with Crippen LogP contribution in [0.15, 0.2) is 180 Å². The van der Waals surface area contributed by atoms with Crippen LogP contribution in [0.5, 0.6) is 0 Å². The lowest BCUT2D eigenvalue weighted by molar-refractivity contribution is 0.669. The lowest BCUT2D eigenvalue weighted by Gasteiger charge is -2.16. The van der Waals surface area contributed by atoms with Gasteiger partial charge in [-0.05, 0) is 85.1 Å². The molecule has 2 heterocycles. The van der Waals surface area contributed by atoms with Crippen molar-refractivity contribution in [1.82, 2.24) is 15.0 Å². The van der Waals surface area contributed by atoms with Gasteiger partial charge in [0, 0.05) is 33.0 Å². The van der Waals surface area contributed by atoms with Crippen molar-refractivity contribution < 1.29 is 4.42 Å². The number of furan rings is 1. The predicted octanol–water partition coefficient (Wildman–Crippen LogP) is 13.1. The van der Waals surface area contributed by atoms with Gasteiger partial charge < -0.3 is 4.42 Å². The SMILES string of the molecule is c1ccc(-c2nc(-c3ccc4oc5ccccc5c4c3)nc(-c3ccc4ccccc4c3-c3ccc4ccc5c6ccccc6ccc5c4c3)n2)cc1. The smallest absolute Gasteiger partial charge is 0.164 e. The van der Waals surface area contributed by atoms with Gasteiger partial charge in [0.15, 0.2) is 17.5 Å². The van der Waals surface area contributed by atoms with E-state index in [0.717, 1.165) is 60.5 Å². The number of benzene rings is 9. The first-order valence-electron chi connectivity index (χ1n) is 17.9. The summed E-state index contributed by atoms with van der Waals surface area (Å²) in [5.74, 6) is 1.85. The van der Waals surface area contributed by atoms with E-state index in [-0.39, 0.29) is 0 Å². The van der Waals surface area contributed by atoms with E-state index in [1.165, 1.54) is 32.3 Å². The molecule has 0 aliphatic carbocycles. The van der Waals surface area contributed by atoms with Crippen LogP contribution in [-0.4, -0.2) is 15.0 Å². The van der Waals surface area contributed by atoms with Crippen LogP contribution < -0.4 is 0 Å². The first-order chi connectivity index (χ1) is 26.2. The van der Waals surface area contributed by atoms with Crippen LogP contribution in [0.2, 0.25) is 0 Å². The van der Waals surface area contributed by atoms with E-state index in [9.17, 15) is 0 Å². The molecule has 0 amide bonds. The molecule has 0 radical (unpaired) electrons. The molecule has 9 aromatic carbocycles. The first-order valence-corrected chi connectivity index (χ1v) is 17.9. The van der Waals surface area contributed by atoms with E-state index in [4.69, 9.17) is 19.4 Å². The third kappa shape index (κ3) is 4.80. The molecule has 0 aliphatic heterocycles. The van der Waals surface area contributed by atoms with Crippen molar-refractivity contribution in [1.29, 1.82) is 0 Å². The van der Waals surface area contributed by atoms with Crippen LogP contribution in [0.4, 0.5) is 0 Å². The molecule has 11 rings (SSSR count). The minimum absolute atomic E-state index is 0.608. The summed E-state index contributed by atoms with van der Waals surface area (Å²) < 4.78 is 6.16. The number of hydrogen-bond donors (Lipinski definition) is 0. The van der Waals surface area contributed by atoms with Crippen LogP contribution >= 0.6 is 0 Å². The van der Waals surface area contributed by atoms with Crippen molar-refractivity contribution in [3.8, 4) is 45.3 Å². The molecule has 0 saturated heterocycles. The molecule has 0 N–H and O–H groups in total. The first kappa shape index (κ1) is 29.5. The summed E-state index contributed by atoms with van der Waals surface area (Å²) in [5, 5.41) is 11.8. The van der Waals surface area contributed by atoms with Crippen LogP contribution in [0.1, 0.15) is 0 Å². The van der Waals surface area contributed by atoms with E-state index in [0.29, 0.717) is 17.5 Å². The number of fused-ring (bicyclic) bond motifs is 9. The number of para-hydroxylation sites is 1. The monoisotopic (exact) mass is 675 g/mol. The molecule has 0 unspecified atom stereocenters. The Labute approximate surface area is 304 Å². The second-order valence-electron chi connectivity index (χ2n) is 13.6. The van der Waals surface area contributed by atoms with Gasteiger partial charge in [0.05, 0.1) is 0 Å². The van der Waals surface area contributed by atoms with Crippen molar-refractivity contribution >= 4 is 65.0 Å². The number of rotatable bonds is 4. The fourth-order valence-corrected chi connectivity index (χ4v) is 7.95. The molecule has 2 aromatic heterocycles. The largest absolute Gasteiger partial charge is 0.456 e. The number of hydrogen-bond acceptors (Lipinski definition) is 4. The predicted molar refractivity (Wildman–Crippen MR) is 219 cm³/mol. The van der Waals surface area contributed by atoms with Crippen molar-refractivity contribution in [2.75, 3.05) is 0 Å². The summed E-state index contributed by atoms with van der Waals surface area (Å²) in [4.78, 5) is 15.5. The highest BCUT2D eigenvalue weighted by Gasteiger charge is 2.19. The second kappa shape index (κ2) is 11.7. The molecule has 4 heteroatoms. The van der Waals surface area contributed by atoms with E-state index in [1.54, 1.807) is 0 Å². The molecular weight excluding hydrogens is 647 g/mol. The van der Waals surface area contributed by atoms with Gasteiger partial charge in [-0.2, -0.15) is 0 Å². The zero-order valence-electron chi connectivity index (χ0n) is 28.5. The highest BCUT2D eigenvalue weighted by atomic mass is 16.3. The summed E-state index contributed by atoms with van der Waals surface area (Å²) in [6.07, 6.45) is 0. The molecule has 0 bridgehead atoms. The minimum Gasteiger partial charge on any atom is -0.456 e. The van der Waals surface area contributed by atoms with Crippen LogP contribution in [0.25, 0.3) is 110 Å². The Hall–Kier alpha value is -7.17. The molecule has 246 valence electrons. The Balaban J connectivity index is 1.17. The maximum Gasteiger partial charge on any atom is 0.164 e. The lowest BCUT2D eigenvalue weighted by atomic mass is 9.90. The topological polar surface area (TPSA) is 51.8 Å². The van der Waals surface area contributed by atoms with Gasteiger partial charge in [0.1, 0.15) is 11.2 Å². The van der Waals surface area contributed by atoms with E-state index in [1.807, 2.05) is 48.5 Å². The fraction of sp³-hybridized carbons (Fsp3) is 0. The lowest BCUT2D eigenvalue weighted by Crippen LogP contribution is -2.01. The number of aromatic nitrogens is 3. The molecular formula is C49H29N3O. The molecule has 0 spiro atoms. The quantitative estimate of drug-likeness (QED) is 0.174. The maximum atomic E-state index is 6.16. The number of nitrogens with zero attached hydrogens (tertiary/aromatic N) is 3. The summed E-state index contributed by atoms with van der Waals surface area (Å²) in [5.41, 5.74) is 6.67. The van der Waals surface area contributed by atoms with Gasteiger partial charge in [-0.15, -0.1) is 0 Å². The Bertz CT molecular complexity index is 3240. The zero-order valence-corrected chi connectivity index (χ0v) is 28.5. The Kier molecular flexibility index (Phi) is 6.52. The second-order valence-corrected chi connectivity index (χ2v) is 13.6. The minimum atomic E-state index is 0.608. The standard InChI is InChI=1S/C49H29N3O/c1-2-12-33(13-3-1)47-50-48(35-23-27-45-43(29-35)40-16-8-9-17-44(40)53-45)52-49(51-47)41-26-22-31-11-5-7-15-37(31)46(41)34-19-18-32-21-24-38-36-14-6-4-10-30(36)20-25-39(38)42(32)28-34/h1-29H. The molecule has 0 fully saturated rings. The van der Waals surface area contributed by atoms with Gasteiger partial charge >= 0.3 is 0 Å². The van der Waals surface area contributed by atoms with E-state index in [2.05, 4.69) is 127 Å². The van der Waals surface area contributed by atoms with E-state index >= 15 is 0 Å². The van der Waals surface area contributed by atoms with Gasteiger partial charge in [-0.25, -0.2) is 15.0 Å². The normalized spacial score (nSPS) is 11.8. The molecule has 4 nitrogen and oxygen atoms in total. The molecule has 0 atom stereocenters. The third-order valence-corrected chi connectivity index (χ3v) is 10.5. The van der Waals surface area contributed by atoms with Gasteiger partial charge in [-0.1, -0.05) is 140 Å². The van der Waals surface area contributed by atoms with Crippen molar-refractivity contribution in [3.63, 3.8) is 0 Å². The maximum absolute atomic E-state index is 6.16. The molecule has 0 saturated carbocycles. The van der Waals surface area contributed by atoms with Crippen molar-refractivity contribution in [2.24, 2.45) is 0 Å². The van der Waals surface area contributed by atoms with Crippen LogP contribution in [-0.2, 0) is 0 Å². The van der Waals surface area contributed by atoms with E-state index < -0.39 is 0 Å².